The maximum atomic E-state index is 9.45. The summed E-state index contributed by atoms with van der Waals surface area (Å²) in [6, 6.07) is 3.07. The Balaban J connectivity index is 1.83. The summed E-state index contributed by atoms with van der Waals surface area (Å²) in [4.78, 5) is 5.24. The largest absolute Gasteiger partial charge is 0.300 e. The van der Waals surface area contributed by atoms with Gasteiger partial charge in [-0.3, -0.25) is 5.32 Å². The van der Waals surface area contributed by atoms with Crippen LogP contribution in [-0.2, 0) is 0 Å². The van der Waals surface area contributed by atoms with Crippen LogP contribution in [0.1, 0.15) is 32.1 Å². The van der Waals surface area contributed by atoms with Crippen LogP contribution in [0.3, 0.4) is 0 Å². The van der Waals surface area contributed by atoms with E-state index in [4.69, 9.17) is 5.53 Å². The standard InChI is InChI=1S/C12H20N6/c13-10-12(15-5-2-6-16-17-14)4-8-18-7-1-3-11(18)9-12/h11,15H,1-9H2. The first-order valence-electron chi connectivity index (χ1n) is 6.71. The van der Waals surface area contributed by atoms with E-state index < -0.39 is 0 Å². The van der Waals surface area contributed by atoms with Gasteiger partial charge in [-0.1, -0.05) is 5.11 Å². The van der Waals surface area contributed by atoms with E-state index in [0.29, 0.717) is 12.6 Å². The number of piperidine rings is 1. The molecule has 0 aliphatic carbocycles. The molecule has 0 bridgehead atoms. The monoisotopic (exact) mass is 248 g/mol. The molecule has 0 aromatic heterocycles. The highest BCUT2D eigenvalue weighted by Gasteiger charge is 2.41. The van der Waals surface area contributed by atoms with Crippen LogP contribution in [0, 0.1) is 11.3 Å². The summed E-state index contributed by atoms with van der Waals surface area (Å²) in [5, 5.41) is 16.3. The highest BCUT2D eigenvalue weighted by atomic mass is 15.2. The molecule has 2 aliphatic heterocycles. The number of nitrogens with zero attached hydrogens (tertiary/aromatic N) is 5. The smallest absolute Gasteiger partial charge is 0.109 e. The number of nitriles is 1. The summed E-state index contributed by atoms with van der Waals surface area (Å²) in [7, 11) is 0. The lowest BCUT2D eigenvalue weighted by atomic mass is 9.84. The summed E-state index contributed by atoms with van der Waals surface area (Å²) < 4.78 is 0. The van der Waals surface area contributed by atoms with Gasteiger partial charge in [-0.15, -0.1) is 0 Å². The zero-order valence-electron chi connectivity index (χ0n) is 10.7. The Kier molecular flexibility index (Phi) is 4.43. The molecule has 2 rings (SSSR count). The molecule has 2 aliphatic rings. The summed E-state index contributed by atoms with van der Waals surface area (Å²) in [5.41, 5.74) is 7.83. The van der Waals surface area contributed by atoms with Gasteiger partial charge in [0.2, 0.25) is 0 Å². The molecule has 0 amide bonds. The van der Waals surface area contributed by atoms with Crippen LogP contribution in [0.2, 0.25) is 0 Å². The molecule has 2 fully saturated rings. The van der Waals surface area contributed by atoms with Gasteiger partial charge in [0.1, 0.15) is 5.54 Å². The van der Waals surface area contributed by atoms with Crippen LogP contribution in [0.4, 0.5) is 0 Å². The second-order valence-corrected chi connectivity index (χ2v) is 5.21. The molecule has 18 heavy (non-hydrogen) atoms. The summed E-state index contributed by atoms with van der Waals surface area (Å²) in [5.74, 6) is 0. The van der Waals surface area contributed by atoms with Gasteiger partial charge >= 0.3 is 0 Å². The highest BCUT2D eigenvalue weighted by molar-refractivity contribution is 5.12. The Labute approximate surface area is 108 Å². The molecule has 98 valence electrons. The number of rotatable bonds is 5. The van der Waals surface area contributed by atoms with Gasteiger partial charge in [0.25, 0.3) is 0 Å². The predicted molar refractivity (Wildman–Crippen MR) is 68.8 cm³/mol. The lowest BCUT2D eigenvalue weighted by Gasteiger charge is -2.40. The quantitative estimate of drug-likeness (QED) is 0.348. The molecule has 0 radical (unpaired) electrons. The first-order chi connectivity index (χ1) is 8.79. The fourth-order valence-electron chi connectivity index (χ4n) is 3.08. The Morgan fingerprint density at radius 1 is 1.56 bits per heavy atom. The molecular formula is C12H20N6. The van der Waals surface area contributed by atoms with Crippen molar-refractivity contribution in [2.24, 2.45) is 5.11 Å². The molecule has 6 heteroatoms. The fraction of sp³-hybridized carbons (Fsp3) is 0.917. The Hall–Kier alpha value is -1.28. The van der Waals surface area contributed by atoms with Crippen molar-refractivity contribution < 1.29 is 0 Å². The van der Waals surface area contributed by atoms with Crippen molar-refractivity contribution in [2.75, 3.05) is 26.2 Å². The number of azide groups is 1. The van der Waals surface area contributed by atoms with Crippen molar-refractivity contribution in [1.82, 2.24) is 10.2 Å². The SMILES string of the molecule is N#CC1(NCCCN=[N+]=[N-])CCN2CCCC2C1. The zero-order valence-corrected chi connectivity index (χ0v) is 10.7. The molecule has 2 unspecified atom stereocenters. The molecule has 0 aromatic rings. The van der Waals surface area contributed by atoms with Crippen LogP contribution in [0.25, 0.3) is 10.4 Å². The van der Waals surface area contributed by atoms with Crippen molar-refractivity contribution in [2.45, 2.75) is 43.7 Å². The highest BCUT2D eigenvalue weighted by Crippen LogP contribution is 2.32. The van der Waals surface area contributed by atoms with E-state index >= 15 is 0 Å². The third kappa shape index (κ3) is 2.94. The topological polar surface area (TPSA) is 87.8 Å². The van der Waals surface area contributed by atoms with Crippen LogP contribution >= 0.6 is 0 Å². The first-order valence-corrected chi connectivity index (χ1v) is 6.71. The lowest BCUT2D eigenvalue weighted by Crippen LogP contribution is -2.55. The van der Waals surface area contributed by atoms with E-state index in [1.54, 1.807) is 0 Å². The molecule has 0 saturated carbocycles. The van der Waals surface area contributed by atoms with Crippen LogP contribution in [0.15, 0.2) is 5.11 Å². The normalized spacial score (nSPS) is 31.4. The van der Waals surface area contributed by atoms with E-state index in [1.807, 2.05) is 0 Å². The van der Waals surface area contributed by atoms with Gasteiger partial charge in [0.05, 0.1) is 6.07 Å². The molecule has 2 heterocycles. The van der Waals surface area contributed by atoms with E-state index in [9.17, 15) is 5.26 Å². The first kappa shape index (κ1) is 13.2. The molecule has 2 saturated heterocycles. The van der Waals surface area contributed by atoms with Crippen LogP contribution in [-0.4, -0.2) is 42.7 Å². The molecular weight excluding hydrogens is 228 g/mol. The Morgan fingerprint density at radius 2 is 2.44 bits per heavy atom. The van der Waals surface area contributed by atoms with Crippen LogP contribution < -0.4 is 5.32 Å². The van der Waals surface area contributed by atoms with Gasteiger partial charge in [-0.05, 0) is 50.7 Å². The summed E-state index contributed by atoms with van der Waals surface area (Å²) in [6.45, 7) is 3.48. The maximum Gasteiger partial charge on any atom is 0.109 e. The number of fused-ring (bicyclic) bond motifs is 1. The van der Waals surface area contributed by atoms with Gasteiger partial charge < -0.3 is 4.90 Å². The lowest BCUT2D eigenvalue weighted by molar-refractivity contribution is 0.137. The van der Waals surface area contributed by atoms with E-state index in [2.05, 4.69) is 26.3 Å². The van der Waals surface area contributed by atoms with Crippen LogP contribution in [0.5, 0.6) is 0 Å². The Bertz CT molecular complexity index is 369. The third-order valence-corrected chi connectivity index (χ3v) is 4.08. The van der Waals surface area contributed by atoms with E-state index in [1.165, 1.54) is 19.4 Å². The van der Waals surface area contributed by atoms with Gasteiger partial charge in [0.15, 0.2) is 0 Å². The van der Waals surface area contributed by atoms with Crippen molar-refractivity contribution in [3.8, 4) is 6.07 Å². The predicted octanol–water partition coefficient (Wildman–Crippen LogP) is 1.80. The summed E-state index contributed by atoms with van der Waals surface area (Å²) in [6.07, 6.45) is 5.13. The van der Waals surface area contributed by atoms with Crippen molar-refractivity contribution in [3.05, 3.63) is 10.4 Å². The average molecular weight is 248 g/mol. The zero-order chi connectivity index (χ0) is 12.8. The van der Waals surface area contributed by atoms with Crippen molar-refractivity contribution in [3.63, 3.8) is 0 Å². The van der Waals surface area contributed by atoms with Gasteiger partial charge in [-0.25, -0.2) is 0 Å². The van der Waals surface area contributed by atoms with E-state index in [0.717, 1.165) is 32.4 Å². The minimum Gasteiger partial charge on any atom is -0.300 e. The fourth-order valence-corrected chi connectivity index (χ4v) is 3.08. The van der Waals surface area contributed by atoms with Gasteiger partial charge in [-0.2, -0.15) is 5.26 Å². The second kappa shape index (κ2) is 6.05. The maximum absolute atomic E-state index is 9.45. The van der Waals surface area contributed by atoms with Crippen molar-refractivity contribution >= 4 is 0 Å². The van der Waals surface area contributed by atoms with Gasteiger partial charge in [0, 0.05) is 24.0 Å². The number of hydrogen-bond acceptors (Lipinski definition) is 4. The number of nitrogens with one attached hydrogen (secondary N) is 1. The molecule has 0 spiro atoms. The molecule has 0 aromatic carbocycles. The molecule has 1 N–H and O–H groups in total. The minimum absolute atomic E-state index is 0.359. The average Bonchev–Trinajstić information content (AvgIpc) is 2.85. The Morgan fingerprint density at radius 3 is 3.22 bits per heavy atom. The van der Waals surface area contributed by atoms with Crippen molar-refractivity contribution in [1.29, 1.82) is 5.26 Å². The second-order valence-electron chi connectivity index (χ2n) is 5.21. The molecule has 6 nitrogen and oxygen atoms in total. The van der Waals surface area contributed by atoms with E-state index in [-0.39, 0.29) is 5.54 Å². The minimum atomic E-state index is -0.359. The third-order valence-electron chi connectivity index (χ3n) is 4.08. The summed E-state index contributed by atoms with van der Waals surface area (Å²) >= 11 is 0. The molecule has 2 atom stereocenters. The number of hydrogen-bond donors (Lipinski definition) is 1.